The fourth-order valence-electron chi connectivity index (χ4n) is 3.40. The van der Waals surface area contributed by atoms with Gasteiger partial charge in [0, 0.05) is 0 Å². The number of fused-ring (bicyclic) bond motifs is 1. The topological polar surface area (TPSA) is 46.3 Å². The van der Waals surface area contributed by atoms with Crippen molar-refractivity contribution in [2.75, 3.05) is 4.90 Å². The molecule has 2 heterocycles. The summed E-state index contributed by atoms with van der Waals surface area (Å²) in [5.41, 5.74) is 6.65. The van der Waals surface area contributed by atoms with Crippen molar-refractivity contribution >= 4 is 32.6 Å². The van der Waals surface area contributed by atoms with Crippen molar-refractivity contribution in [3.63, 3.8) is 0 Å². The summed E-state index contributed by atoms with van der Waals surface area (Å²) >= 11 is 1.55. The van der Waals surface area contributed by atoms with Crippen molar-refractivity contribution in [1.29, 1.82) is 0 Å². The molecule has 0 N–H and O–H groups in total. The lowest BCUT2D eigenvalue weighted by Gasteiger charge is -2.19. The number of benzene rings is 2. The summed E-state index contributed by atoms with van der Waals surface area (Å²) in [4.78, 5) is 20.0. The Labute approximate surface area is 174 Å². The van der Waals surface area contributed by atoms with E-state index < -0.39 is 0 Å². The van der Waals surface area contributed by atoms with Crippen LogP contribution in [0.15, 0.2) is 53.1 Å². The van der Waals surface area contributed by atoms with Crippen LogP contribution in [0.3, 0.4) is 0 Å². The number of nitrogens with zero attached hydrogens (tertiary/aromatic N) is 2. The number of carbonyl (C=O) groups excluding carboxylic acids is 1. The van der Waals surface area contributed by atoms with Gasteiger partial charge in [-0.1, -0.05) is 41.2 Å². The second kappa shape index (κ2) is 7.84. The first-order valence-corrected chi connectivity index (χ1v) is 10.5. The first-order valence-electron chi connectivity index (χ1n) is 9.68. The smallest absolute Gasteiger partial charge is 0.233 e. The molecule has 0 aliphatic rings. The number of amides is 1. The Balaban J connectivity index is 1.72. The van der Waals surface area contributed by atoms with E-state index in [2.05, 4.69) is 44.2 Å². The normalized spacial score (nSPS) is 11.2. The van der Waals surface area contributed by atoms with Crippen LogP contribution in [0, 0.1) is 27.7 Å². The fraction of sp³-hybridized carbons (Fsp3) is 0.250. The largest absolute Gasteiger partial charge is 0.467 e. The van der Waals surface area contributed by atoms with Gasteiger partial charge < -0.3 is 4.42 Å². The van der Waals surface area contributed by atoms with E-state index in [4.69, 9.17) is 9.40 Å². The molecular weight excluding hydrogens is 380 g/mol. The van der Waals surface area contributed by atoms with E-state index >= 15 is 0 Å². The third-order valence-electron chi connectivity index (χ3n) is 5.35. The maximum absolute atomic E-state index is 13.4. The number of rotatable bonds is 5. The van der Waals surface area contributed by atoms with Crippen molar-refractivity contribution in [2.45, 2.75) is 40.7 Å². The molecule has 2 aromatic carbocycles. The molecule has 4 aromatic rings. The molecule has 0 radical (unpaired) electrons. The van der Waals surface area contributed by atoms with Gasteiger partial charge in [0.15, 0.2) is 5.13 Å². The zero-order valence-corrected chi connectivity index (χ0v) is 18.0. The first kappa shape index (κ1) is 19.4. The molecule has 0 saturated carbocycles. The van der Waals surface area contributed by atoms with Gasteiger partial charge in [-0.2, -0.15) is 0 Å². The predicted octanol–water partition coefficient (Wildman–Crippen LogP) is 5.90. The van der Waals surface area contributed by atoms with Crippen molar-refractivity contribution < 1.29 is 9.21 Å². The summed E-state index contributed by atoms with van der Waals surface area (Å²) in [5.74, 6) is 0.759. The minimum atomic E-state index is 0.0172. The summed E-state index contributed by atoms with van der Waals surface area (Å²) in [6.45, 7) is 8.63. The van der Waals surface area contributed by atoms with Gasteiger partial charge in [0.2, 0.25) is 5.91 Å². The number of carbonyl (C=O) groups is 1. The number of aryl methyl sites for hydroxylation is 4. The molecule has 0 bridgehead atoms. The Kier molecular flexibility index (Phi) is 5.24. The third-order valence-corrected chi connectivity index (χ3v) is 6.39. The number of hydrogen-bond acceptors (Lipinski definition) is 4. The molecule has 5 heteroatoms. The van der Waals surface area contributed by atoms with Crippen molar-refractivity contribution in [3.8, 4) is 0 Å². The molecular formula is C24H24N2O2S. The molecule has 0 fully saturated rings. The van der Waals surface area contributed by atoms with E-state index in [1.54, 1.807) is 22.5 Å². The highest BCUT2D eigenvalue weighted by molar-refractivity contribution is 7.22. The summed E-state index contributed by atoms with van der Waals surface area (Å²) in [5, 5.41) is 0.709. The standard InChI is InChI=1S/C24H24N2O2S/c1-15-7-8-17(3)19(12-15)13-22(27)26(14-20-6-5-11-28-20)24-25-23-18(4)16(2)9-10-21(23)29-24/h5-12H,13-14H2,1-4H3. The van der Waals surface area contributed by atoms with E-state index in [0.717, 1.165) is 38.2 Å². The molecule has 0 spiro atoms. The maximum Gasteiger partial charge on any atom is 0.233 e. The fourth-order valence-corrected chi connectivity index (χ4v) is 4.44. The molecule has 4 nitrogen and oxygen atoms in total. The van der Waals surface area contributed by atoms with Gasteiger partial charge in [0.05, 0.1) is 29.4 Å². The number of hydrogen-bond donors (Lipinski definition) is 0. The quantitative estimate of drug-likeness (QED) is 0.416. The van der Waals surface area contributed by atoms with Gasteiger partial charge in [-0.05, 0) is 68.1 Å². The van der Waals surface area contributed by atoms with Crippen LogP contribution in [0.25, 0.3) is 10.2 Å². The molecule has 1 amide bonds. The van der Waals surface area contributed by atoms with Crippen molar-refractivity contribution in [3.05, 3.63) is 82.3 Å². The molecule has 0 saturated heterocycles. The lowest BCUT2D eigenvalue weighted by molar-refractivity contribution is -0.118. The zero-order valence-electron chi connectivity index (χ0n) is 17.2. The van der Waals surface area contributed by atoms with Gasteiger partial charge in [-0.15, -0.1) is 0 Å². The number of furan rings is 1. The Bertz CT molecular complexity index is 1180. The highest BCUT2D eigenvalue weighted by Gasteiger charge is 2.22. The van der Waals surface area contributed by atoms with Gasteiger partial charge in [0.25, 0.3) is 0 Å². The summed E-state index contributed by atoms with van der Waals surface area (Å²) < 4.78 is 6.62. The molecule has 2 aromatic heterocycles. The lowest BCUT2D eigenvalue weighted by atomic mass is 10.0. The third kappa shape index (κ3) is 3.96. The minimum absolute atomic E-state index is 0.0172. The van der Waals surface area contributed by atoms with Crippen LogP contribution in [0.5, 0.6) is 0 Å². The Morgan fingerprint density at radius 3 is 2.62 bits per heavy atom. The monoisotopic (exact) mass is 404 g/mol. The van der Waals surface area contributed by atoms with Crippen LogP contribution in [0.2, 0.25) is 0 Å². The average Bonchev–Trinajstić information content (AvgIpc) is 3.35. The second-order valence-electron chi connectivity index (χ2n) is 7.52. The van der Waals surface area contributed by atoms with Crippen LogP contribution in [0.4, 0.5) is 5.13 Å². The molecule has 4 rings (SSSR count). The van der Waals surface area contributed by atoms with Gasteiger partial charge >= 0.3 is 0 Å². The molecule has 0 aliphatic carbocycles. The van der Waals surface area contributed by atoms with Crippen LogP contribution < -0.4 is 4.90 Å². The van der Waals surface area contributed by atoms with Crippen LogP contribution in [-0.4, -0.2) is 10.9 Å². The van der Waals surface area contributed by atoms with Crippen molar-refractivity contribution in [1.82, 2.24) is 4.98 Å². The highest BCUT2D eigenvalue weighted by atomic mass is 32.1. The summed E-state index contributed by atoms with van der Waals surface area (Å²) in [6.07, 6.45) is 1.97. The second-order valence-corrected chi connectivity index (χ2v) is 8.53. The summed E-state index contributed by atoms with van der Waals surface area (Å²) in [7, 11) is 0. The number of anilines is 1. The van der Waals surface area contributed by atoms with Crippen LogP contribution >= 0.6 is 11.3 Å². The van der Waals surface area contributed by atoms with E-state index in [1.165, 1.54) is 5.56 Å². The van der Waals surface area contributed by atoms with Crippen LogP contribution in [0.1, 0.15) is 33.6 Å². The summed E-state index contributed by atoms with van der Waals surface area (Å²) in [6, 6.07) is 14.1. The minimum Gasteiger partial charge on any atom is -0.467 e. The Morgan fingerprint density at radius 2 is 1.86 bits per heavy atom. The van der Waals surface area contributed by atoms with E-state index in [9.17, 15) is 4.79 Å². The molecule has 0 aliphatic heterocycles. The average molecular weight is 405 g/mol. The maximum atomic E-state index is 13.4. The van der Waals surface area contributed by atoms with Gasteiger partial charge in [0.1, 0.15) is 5.76 Å². The molecule has 0 atom stereocenters. The predicted molar refractivity (Wildman–Crippen MR) is 119 cm³/mol. The van der Waals surface area contributed by atoms with E-state index in [0.29, 0.717) is 18.1 Å². The Morgan fingerprint density at radius 1 is 1.07 bits per heavy atom. The van der Waals surface area contributed by atoms with Gasteiger partial charge in [-0.3, -0.25) is 9.69 Å². The van der Waals surface area contributed by atoms with Crippen molar-refractivity contribution in [2.24, 2.45) is 0 Å². The molecule has 148 valence electrons. The molecule has 0 unspecified atom stereocenters. The van der Waals surface area contributed by atoms with Gasteiger partial charge in [-0.25, -0.2) is 4.98 Å². The van der Waals surface area contributed by atoms with E-state index in [1.807, 2.05) is 26.0 Å². The SMILES string of the molecule is Cc1ccc(C)c(CC(=O)N(Cc2ccco2)c2nc3c(C)c(C)ccc3s2)c1. The highest BCUT2D eigenvalue weighted by Crippen LogP contribution is 2.33. The number of aromatic nitrogens is 1. The lowest BCUT2D eigenvalue weighted by Crippen LogP contribution is -2.31. The molecule has 29 heavy (non-hydrogen) atoms. The first-order chi connectivity index (χ1) is 13.9. The van der Waals surface area contributed by atoms with Crippen LogP contribution in [-0.2, 0) is 17.8 Å². The number of thiazole rings is 1. The Hall–Kier alpha value is -2.92. The van der Waals surface area contributed by atoms with E-state index in [-0.39, 0.29) is 5.91 Å². The zero-order chi connectivity index (χ0) is 20.5.